The number of hydrogen-bond acceptors (Lipinski definition) is 10. The van der Waals surface area contributed by atoms with Crippen molar-refractivity contribution in [2.75, 3.05) is 32.0 Å². The maximum Gasteiger partial charge on any atom is 0.352 e. The van der Waals surface area contributed by atoms with Gasteiger partial charge in [-0.3, -0.25) is 33.8 Å². The SMILES string of the molecule is CCN1CCN(C(=O)NC(C(=O)NC(OC(C)=O)C2=C(C(=O)O)N3C(=O)[C@@H](CO)[C@H]3SC2)c2ccccc2)C(=O)C1=O. The van der Waals surface area contributed by atoms with Crippen LogP contribution in [-0.4, -0.2) is 110 Å². The average Bonchev–Trinajstić information content (AvgIpc) is 2.96. The van der Waals surface area contributed by atoms with Crippen LogP contribution in [-0.2, 0) is 33.5 Å². The highest BCUT2D eigenvalue weighted by atomic mass is 32.2. The monoisotopic (exact) mass is 603 g/mol. The first-order chi connectivity index (χ1) is 20.0. The number of aliphatic hydroxyl groups is 1. The van der Waals surface area contributed by atoms with Crippen molar-refractivity contribution >= 4 is 53.4 Å². The molecule has 0 saturated carbocycles. The molecule has 0 aromatic heterocycles. The standard InChI is InChI=1S/C26H29N5O10S/c1-3-29-9-10-30(23(37)22(29)36)26(40)27-17(14-7-5-4-6-8-14)19(34)28-20(41-13(2)33)16-12-42-24-15(11-32)21(35)31(24)18(16)25(38)39/h4-8,15,17,20,24,32H,3,9-12H2,1-2H3,(H,27,40)(H,28,34)(H,38,39)/t15-,17?,20?,24-/m1/s1. The zero-order valence-corrected chi connectivity index (χ0v) is 23.5. The topological polar surface area (TPSA) is 203 Å². The second-order valence-electron chi connectivity index (χ2n) is 9.51. The summed E-state index contributed by atoms with van der Waals surface area (Å²) in [5.41, 5.74) is -0.310. The fourth-order valence-electron chi connectivity index (χ4n) is 4.84. The number of carbonyl (C=O) groups is 7. The number of imide groups is 1. The maximum absolute atomic E-state index is 13.7. The second kappa shape index (κ2) is 12.6. The molecule has 6 amide bonds. The fourth-order valence-corrected chi connectivity index (χ4v) is 6.27. The number of carboxylic acids is 1. The molecule has 3 heterocycles. The van der Waals surface area contributed by atoms with E-state index in [1.807, 2.05) is 0 Å². The lowest BCUT2D eigenvalue weighted by Gasteiger charge is -2.49. The molecule has 1 aromatic rings. The first-order valence-corrected chi connectivity index (χ1v) is 14.0. The first kappa shape index (κ1) is 30.5. The van der Waals surface area contributed by atoms with Crippen LogP contribution >= 0.6 is 11.8 Å². The van der Waals surface area contributed by atoms with Gasteiger partial charge in [-0.1, -0.05) is 30.3 Å². The molecule has 2 fully saturated rings. The smallest absolute Gasteiger partial charge is 0.352 e. The highest BCUT2D eigenvalue weighted by Crippen LogP contribution is 2.44. The van der Waals surface area contributed by atoms with Crippen molar-refractivity contribution in [3.8, 4) is 0 Å². The molecule has 15 nitrogen and oxygen atoms in total. The molecule has 3 aliphatic heterocycles. The summed E-state index contributed by atoms with van der Waals surface area (Å²) in [4.78, 5) is 91.4. The van der Waals surface area contributed by atoms with Crippen LogP contribution < -0.4 is 10.6 Å². The zero-order valence-electron chi connectivity index (χ0n) is 22.6. The lowest BCUT2D eigenvalue weighted by Crippen LogP contribution is -2.63. The van der Waals surface area contributed by atoms with Gasteiger partial charge in [-0.25, -0.2) is 9.59 Å². The highest BCUT2D eigenvalue weighted by Gasteiger charge is 2.54. The number of likely N-dealkylation sites (N-methyl/N-ethyl adjacent to an activating group) is 1. The predicted octanol–water partition coefficient (Wildman–Crippen LogP) is -1.00. The first-order valence-electron chi connectivity index (χ1n) is 13.0. The summed E-state index contributed by atoms with van der Waals surface area (Å²) in [6.45, 7) is 2.56. The number of β-lactam (4-membered cyclic amide) rings is 1. The molecule has 1 aromatic carbocycles. The molecular formula is C26H29N5O10S. The molecule has 4 atom stereocenters. The van der Waals surface area contributed by atoms with Crippen molar-refractivity contribution in [2.45, 2.75) is 31.5 Å². The van der Waals surface area contributed by atoms with E-state index in [1.165, 1.54) is 17.0 Å². The molecule has 4 rings (SSSR count). The number of esters is 1. The Morgan fingerprint density at radius 1 is 1.07 bits per heavy atom. The molecular weight excluding hydrogens is 574 g/mol. The van der Waals surface area contributed by atoms with E-state index in [-0.39, 0.29) is 36.5 Å². The van der Waals surface area contributed by atoms with Gasteiger partial charge in [-0.05, 0) is 12.5 Å². The van der Waals surface area contributed by atoms with Gasteiger partial charge in [-0.15, -0.1) is 11.8 Å². The Kier molecular flexibility index (Phi) is 9.16. The number of urea groups is 1. The predicted molar refractivity (Wildman–Crippen MR) is 144 cm³/mol. The van der Waals surface area contributed by atoms with E-state index in [0.717, 1.165) is 23.6 Å². The molecule has 42 heavy (non-hydrogen) atoms. The summed E-state index contributed by atoms with van der Waals surface area (Å²) in [6, 6.07) is 5.41. The van der Waals surface area contributed by atoms with Crippen molar-refractivity contribution in [1.29, 1.82) is 0 Å². The number of amides is 6. The number of thioether (sulfide) groups is 1. The third kappa shape index (κ3) is 5.80. The number of nitrogens with one attached hydrogen (secondary N) is 2. The number of benzene rings is 1. The largest absolute Gasteiger partial charge is 0.477 e. The summed E-state index contributed by atoms with van der Waals surface area (Å²) in [5, 5.41) is 23.7. The van der Waals surface area contributed by atoms with Crippen molar-refractivity contribution in [2.24, 2.45) is 5.92 Å². The molecule has 4 N–H and O–H groups in total. The summed E-state index contributed by atoms with van der Waals surface area (Å²) in [7, 11) is 0. The fraction of sp³-hybridized carbons (Fsp3) is 0.423. The quantitative estimate of drug-likeness (QED) is 0.117. The molecule has 16 heteroatoms. The molecule has 0 aliphatic carbocycles. The van der Waals surface area contributed by atoms with E-state index < -0.39 is 77.5 Å². The number of nitrogens with zero attached hydrogens (tertiary/aromatic N) is 3. The van der Waals surface area contributed by atoms with Gasteiger partial charge in [0.1, 0.15) is 11.7 Å². The molecule has 2 saturated heterocycles. The Morgan fingerprint density at radius 2 is 1.76 bits per heavy atom. The minimum Gasteiger partial charge on any atom is -0.477 e. The van der Waals surface area contributed by atoms with Gasteiger partial charge in [-0.2, -0.15) is 0 Å². The van der Waals surface area contributed by atoms with E-state index >= 15 is 0 Å². The molecule has 0 spiro atoms. The zero-order chi connectivity index (χ0) is 30.7. The number of piperazine rings is 1. The number of rotatable bonds is 9. The molecule has 3 aliphatic rings. The van der Waals surface area contributed by atoms with Gasteiger partial charge in [0, 0.05) is 37.9 Å². The maximum atomic E-state index is 13.7. The minimum absolute atomic E-state index is 0.0640. The Morgan fingerprint density at radius 3 is 2.36 bits per heavy atom. The van der Waals surface area contributed by atoms with Gasteiger partial charge < -0.3 is 30.5 Å². The van der Waals surface area contributed by atoms with Crippen LogP contribution in [0.3, 0.4) is 0 Å². The number of hydrogen-bond donors (Lipinski definition) is 4. The molecule has 224 valence electrons. The average molecular weight is 604 g/mol. The number of aliphatic hydroxyl groups excluding tert-OH is 1. The summed E-state index contributed by atoms with van der Waals surface area (Å²) in [5.74, 6) is -6.71. The van der Waals surface area contributed by atoms with Gasteiger partial charge in [0.05, 0.1) is 17.9 Å². The van der Waals surface area contributed by atoms with Crippen LogP contribution in [0.4, 0.5) is 4.79 Å². The van der Waals surface area contributed by atoms with E-state index in [1.54, 1.807) is 25.1 Å². The van der Waals surface area contributed by atoms with Crippen molar-refractivity contribution in [3.05, 3.63) is 47.2 Å². The van der Waals surface area contributed by atoms with Crippen molar-refractivity contribution < 1.29 is 48.5 Å². The van der Waals surface area contributed by atoms with Crippen LogP contribution in [0.5, 0.6) is 0 Å². The summed E-state index contributed by atoms with van der Waals surface area (Å²) in [6.07, 6.45) is -1.64. The number of ether oxygens (including phenoxy) is 1. The van der Waals surface area contributed by atoms with Crippen LogP contribution in [0.15, 0.2) is 41.6 Å². The number of carbonyl (C=O) groups excluding carboxylic acids is 6. The Labute approximate surface area is 243 Å². The molecule has 0 bridgehead atoms. The number of fused-ring (bicyclic) bond motifs is 1. The second-order valence-corrected chi connectivity index (χ2v) is 10.6. The van der Waals surface area contributed by atoms with E-state index in [2.05, 4.69) is 10.6 Å². The molecule has 2 unspecified atom stereocenters. The third-order valence-corrected chi connectivity index (χ3v) is 8.34. The minimum atomic E-state index is -1.64. The van der Waals surface area contributed by atoms with Crippen LogP contribution in [0.25, 0.3) is 0 Å². The van der Waals surface area contributed by atoms with E-state index in [0.29, 0.717) is 4.90 Å². The van der Waals surface area contributed by atoms with Crippen molar-refractivity contribution in [1.82, 2.24) is 25.3 Å². The Hall–Kier alpha value is -4.44. The Bertz CT molecular complexity index is 1350. The summed E-state index contributed by atoms with van der Waals surface area (Å²) < 4.78 is 5.28. The van der Waals surface area contributed by atoms with Gasteiger partial charge in [0.15, 0.2) is 0 Å². The Balaban J connectivity index is 1.63. The van der Waals surface area contributed by atoms with Gasteiger partial charge in [0.25, 0.3) is 0 Å². The summed E-state index contributed by atoms with van der Waals surface area (Å²) >= 11 is 1.13. The third-order valence-electron chi connectivity index (χ3n) is 6.98. The lowest BCUT2D eigenvalue weighted by atomic mass is 9.96. The highest BCUT2D eigenvalue weighted by molar-refractivity contribution is 8.00. The van der Waals surface area contributed by atoms with Crippen LogP contribution in [0.2, 0.25) is 0 Å². The van der Waals surface area contributed by atoms with Gasteiger partial charge >= 0.3 is 29.8 Å². The van der Waals surface area contributed by atoms with Gasteiger partial charge in [0.2, 0.25) is 18.0 Å². The van der Waals surface area contributed by atoms with E-state index in [4.69, 9.17) is 4.74 Å². The van der Waals surface area contributed by atoms with Crippen LogP contribution in [0, 0.1) is 5.92 Å². The lowest BCUT2D eigenvalue weighted by molar-refractivity contribution is -0.155. The normalized spacial score (nSPS) is 21.7. The van der Waals surface area contributed by atoms with Crippen molar-refractivity contribution in [3.63, 3.8) is 0 Å². The number of carboxylic acid groups (broad SMARTS) is 1. The van der Waals surface area contributed by atoms with E-state index in [9.17, 15) is 43.8 Å². The van der Waals surface area contributed by atoms with Crippen LogP contribution in [0.1, 0.15) is 25.5 Å². The molecule has 0 radical (unpaired) electrons. The number of aliphatic carboxylic acids is 1.